The molecule has 0 bridgehead atoms. The van der Waals surface area contributed by atoms with Crippen molar-refractivity contribution in [3.8, 4) is 5.75 Å². The van der Waals surface area contributed by atoms with E-state index < -0.39 is 11.9 Å². The van der Waals surface area contributed by atoms with Crippen LogP contribution in [0, 0.1) is 5.82 Å². The van der Waals surface area contributed by atoms with Gasteiger partial charge >= 0.3 is 0 Å². The number of likely N-dealkylation sites (tertiary alicyclic amines) is 1. The molecule has 5 heteroatoms. The Morgan fingerprint density at radius 3 is 3.00 bits per heavy atom. The minimum Gasteiger partial charge on any atom is -0.488 e. The molecule has 1 aromatic rings. The van der Waals surface area contributed by atoms with Gasteiger partial charge < -0.3 is 20.1 Å². The number of nitrogens with zero attached hydrogens (tertiary/aromatic N) is 1. The molecule has 112 valence electrons. The van der Waals surface area contributed by atoms with Crippen molar-refractivity contribution in [3.63, 3.8) is 0 Å². The van der Waals surface area contributed by atoms with Crippen LogP contribution in [-0.4, -0.2) is 55.4 Å². The number of para-hydroxylation sites is 1. The van der Waals surface area contributed by atoms with E-state index in [-0.39, 0.29) is 12.4 Å². The van der Waals surface area contributed by atoms with Gasteiger partial charge in [-0.3, -0.25) is 0 Å². The van der Waals surface area contributed by atoms with Gasteiger partial charge in [-0.2, -0.15) is 0 Å². The molecule has 2 rings (SSSR count). The summed E-state index contributed by atoms with van der Waals surface area (Å²) in [7, 11) is 2.12. The van der Waals surface area contributed by atoms with E-state index in [4.69, 9.17) is 4.74 Å². The summed E-state index contributed by atoms with van der Waals surface area (Å²) in [6.07, 6.45) is 1.80. The Balaban J connectivity index is 1.63. The Morgan fingerprint density at radius 1 is 1.50 bits per heavy atom. The molecular formula is C15H23FN2O2. The van der Waals surface area contributed by atoms with Crippen LogP contribution in [0.15, 0.2) is 24.3 Å². The van der Waals surface area contributed by atoms with Crippen molar-refractivity contribution in [2.75, 3.05) is 33.3 Å². The van der Waals surface area contributed by atoms with E-state index in [0.717, 1.165) is 13.1 Å². The van der Waals surface area contributed by atoms with E-state index in [2.05, 4.69) is 17.3 Å². The largest absolute Gasteiger partial charge is 0.488 e. The first-order valence-electron chi connectivity index (χ1n) is 7.13. The normalized spacial score (nSPS) is 21.1. The number of benzene rings is 1. The highest BCUT2D eigenvalue weighted by molar-refractivity contribution is 5.23. The predicted molar refractivity (Wildman–Crippen MR) is 76.4 cm³/mol. The van der Waals surface area contributed by atoms with Crippen molar-refractivity contribution < 1.29 is 14.2 Å². The molecule has 0 aliphatic carbocycles. The molecule has 1 saturated heterocycles. The second-order valence-corrected chi connectivity index (χ2v) is 5.33. The van der Waals surface area contributed by atoms with Crippen LogP contribution in [0.5, 0.6) is 5.75 Å². The maximum absolute atomic E-state index is 13.3. The van der Waals surface area contributed by atoms with Gasteiger partial charge in [0.2, 0.25) is 0 Å². The summed E-state index contributed by atoms with van der Waals surface area (Å²) in [6, 6.07) is 6.77. The highest BCUT2D eigenvalue weighted by Crippen LogP contribution is 2.15. The molecule has 1 aliphatic heterocycles. The fourth-order valence-corrected chi connectivity index (χ4v) is 2.46. The van der Waals surface area contributed by atoms with Gasteiger partial charge in [0.15, 0.2) is 11.6 Å². The third kappa shape index (κ3) is 4.44. The summed E-state index contributed by atoms with van der Waals surface area (Å²) in [4.78, 5) is 2.33. The lowest BCUT2D eigenvalue weighted by atomic mass is 10.2. The Labute approximate surface area is 119 Å². The second kappa shape index (κ2) is 7.57. The van der Waals surface area contributed by atoms with Gasteiger partial charge in [-0.25, -0.2) is 4.39 Å². The highest BCUT2D eigenvalue weighted by atomic mass is 19.1. The molecule has 0 radical (unpaired) electrons. The van der Waals surface area contributed by atoms with Gasteiger partial charge in [0.1, 0.15) is 12.7 Å². The van der Waals surface area contributed by atoms with E-state index in [1.165, 1.54) is 18.9 Å². The third-order valence-corrected chi connectivity index (χ3v) is 3.70. The van der Waals surface area contributed by atoms with E-state index in [0.29, 0.717) is 12.6 Å². The Hall–Kier alpha value is -1.17. The number of rotatable bonds is 7. The number of hydrogen-bond donors (Lipinski definition) is 2. The molecule has 1 aromatic carbocycles. The van der Waals surface area contributed by atoms with Crippen LogP contribution < -0.4 is 10.1 Å². The Bertz CT molecular complexity index is 417. The molecule has 2 atom stereocenters. The summed E-state index contributed by atoms with van der Waals surface area (Å²) in [5.41, 5.74) is 0. The van der Waals surface area contributed by atoms with Crippen LogP contribution in [0.1, 0.15) is 12.8 Å². The number of aliphatic hydroxyl groups is 1. The molecule has 0 saturated carbocycles. The van der Waals surface area contributed by atoms with Crippen molar-refractivity contribution in [1.82, 2.24) is 10.2 Å². The van der Waals surface area contributed by atoms with Gasteiger partial charge in [0.25, 0.3) is 0 Å². The van der Waals surface area contributed by atoms with Crippen LogP contribution in [0.2, 0.25) is 0 Å². The van der Waals surface area contributed by atoms with E-state index >= 15 is 0 Å². The summed E-state index contributed by atoms with van der Waals surface area (Å²) in [5.74, 6) is -0.220. The van der Waals surface area contributed by atoms with Crippen LogP contribution in [0.3, 0.4) is 0 Å². The number of likely N-dealkylation sites (N-methyl/N-ethyl adjacent to an activating group) is 1. The van der Waals surface area contributed by atoms with Crippen LogP contribution in [0.25, 0.3) is 0 Å². The summed E-state index contributed by atoms with van der Waals surface area (Å²) in [6.45, 7) is 2.56. The van der Waals surface area contributed by atoms with Gasteiger partial charge in [0, 0.05) is 19.1 Å². The van der Waals surface area contributed by atoms with E-state index in [1.807, 2.05) is 0 Å². The number of hydrogen-bond acceptors (Lipinski definition) is 4. The van der Waals surface area contributed by atoms with Crippen molar-refractivity contribution in [2.45, 2.75) is 25.0 Å². The lowest BCUT2D eigenvalue weighted by molar-refractivity contribution is 0.102. The fourth-order valence-electron chi connectivity index (χ4n) is 2.46. The van der Waals surface area contributed by atoms with Crippen molar-refractivity contribution in [1.29, 1.82) is 0 Å². The standard InChI is InChI=1S/C15H23FN2O2/c1-18-8-4-5-12(18)9-17-10-13(19)11-20-15-7-3-2-6-14(15)16/h2-3,6-7,12-13,17,19H,4-5,8-11H2,1H3. The zero-order valence-electron chi connectivity index (χ0n) is 11.9. The van der Waals surface area contributed by atoms with Crippen molar-refractivity contribution in [2.24, 2.45) is 0 Å². The molecule has 2 unspecified atom stereocenters. The predicted octanol–water partition coefficient (Wildman–Crippen LogP) is 1.25. The van der Waals surface area contributed by atoms with Gasteiger partial charge in [-0.1, -0.05) is 12.1 Å². The lowest BCUT2D eigenvalue weighted by Crippen LogP contribution is -2.39. The average Bonchev–Trinajstić information content (AvgIpc) is 2.84. The van der Waals surface area contributed by atoms with E-state index in [1.54, 1.807) is 18.2 Å². The average molecular weight is 282 g/mol. The molecule has 4 nitrogen and oxygen atoms in total. The molecule has 1 fully saturated rings. The first-order valence-corrected chi connectivity index (χ1v) is 7.13. The summed E-state index contributed by atoms with van der Waals surface area (Å²) >= 11 is 0. The Morgan fingerprint density at radius 2 is 2.30 bits per heavy atom. The molecule has 0 amide bonds. The van der Waals surface area contributed by atoms with Gasteiger partial charge in [-0.05, 0) is 38.6 Å². The minimum atomic E-state index is -0.638. The number of aliphatic hydroxyl groups excluding tert-OH is 1. The maximum atomic E-state index is 13.3. The minimum absolute atomic E-state index is 0.0917. The molecule has 0 spiro atoms. The molecule has 1 heterocycles. The summed E-state index contributed by atoms with van der Waals surface area (Å²) in [5, 5.41) is 13.1. The van der Waals surface area contributed by atoms with Crippen molar-refractivity contribution >= 4 is 0 Å². The number of halogens is 1. The molecular weight excluding hydrogens is 259 g/mol. The zero-order chi connectivity index (χ0) is 14.4. The highest BCUT2D eigenvalue weighted by Gasteiger charge is 2.20. The van der Waals surface area contributed by atoms with Crippen molar-refractivity contribution in [3.05, 3.63) is 30.1 Å². The topological polar surface area (TPSA) is 44.7 Å². The second-order valence-electron chi connectivity index (χ2n) is 5.33. The van der Waals surface area contributed by atoms with Gasteiger partial charge in [0.05, 0.1) is 0 Å². The van der Waals surface area contributed by atoms with Crippen LogP contribution in [0.4, 0.5) is 4.39 Å². The van der Waals surface area contributed by atoms with Gasteiger partial charge in [-0.15, -0.1) is 0 Å². The fraction of sp³-hybridized carbons (Fsp3) is 0.600. The maximum Gasteiger partial charge on any atom is 0.165 e. The Kier molecular flexibility index (Phi) is 5.76. The molecule has 0 aromatic heterocycles. The van der Waals surface area contributed by atoms with E-state index in [9.17, 15) is 9.50 Å². The zero-order valence-corrected chi connectivity index (χ0v) is 11.9. The third-order valence-electron chi connectivity index (χ3n) is 3.70. The number of ether oxygens (including phenoxy) is 1. The molecule has 2 N–H and O–H groups in total. The number of nitrogens with one attached hydrogen (secondary N) is 1. The monoisotopic (exact) mass is 282 g/mol. The first kappa shape index (κ1) is 15.2. The molecule has 1 aliphatic rings. The smallest absolute Gasteiger partial charge is 0.165 e. The lowest BCUT2D eigenvalue weighted by Gasteiger charge is -2.21. The quantitative estimate of drug-likeness (QED) is 0.790. The summed E-state index contributed by atoms with van der Waals surface area (Å²) < 4.78 is 18.6. The van der Waals surface area contributed by atoms with Crippen LogP contribution >= 0.6 is 0 Å². The molecule has 20 heavy (non-hydrogen) atoms. The SMILES string of the molecule is CN1CCCC1CNCC(O)COc1ccccc1F. The first-order chi connectivity index (χ1) is 9.66. The van der Waals surface area contributed by atoms with Crippen LogP contribution in [-0.2, 0) is 0 Å².